The van der Waals surface area contributed by atoms with Crippen LogP contribution in [0, 0.1) is 11.8 Å². The zero-order chi connectivity index (χ0) is 12.6. The molecule has 0 spiro atoms. The molecule has 0 radical (unpaired) electrons. The second-order valence-corrected chi connectivity index (χ2v) is 4.09. The molecule has 1 atom stereocenters. The lowest BCUT2D eigenvalue weighted by Gasteiger charge is -2.16. The highest BCUT2D eigenvalue weighted by Crippen LogP contribution is 2.17. The number of carbonyl (C=O) groups is 2. The van der Waals surface area contributed by atoms with Crippen LogP contribution in [0.1, 0.15) is 40.5 Å². The summed E-state index contributed by atoms with van der Waals surface area (Å²) in [7, 11) is 0. The van der Waals surface area contributed by atoms with Crippen LogP contribution >= 0.6 is 0 Å². The van der Waals surface area contributed by atoms with Gasteiger partial charge in [-0.2, -0.15) is 0 Å². The van der Waals surface area contributed by atoms with Gasteiger partial charge in [0.15, 0.2) is 0 Å². The van der Waals surface area contributed by atoms with Crippen molar-refractivity contribution in [2.75, 3.05) is 13.2 Å². The summed E-state index contributed by atoms with van der Waals surface area (Å²) in [4.78, 5) is 22.9. The van der Waals surface area contributed by atoms with Crippen LogP contribution in [0.3, 0.4) is 0 Å². The molecule has 0 saturated heterocycles. The Morgan fingerprint density at radius 3 is 2.06 bits per heavy atom. The number of ether oxygens (including phenoxy) is 2. The van der Waals surface area contributed by atoms with Crippen molar-refractivity contribution in [2.45, 2.75) is 40.5 Å². The third-order valence-electron chi connectivity index (χ3n) is 2.09. The molecule has 0 aromatic rings. The zero-order valence-corrected chi connectivity index (χ0v) is 10.6. The normalized spacial score (nSPS) is 12.3. The lowest BCUT2D eigenvalue weighted by molar-refractivity contribution is -0.155. The van der Waals surface area contributed by atoms with E-state index in [1.165, 1.54) is 0 Å². The number of hydrogen-bond acceptors (Lipinski definition) is 4. The van der Waals surface area contributed by atoms with Gasteiger partial charge in [0.1, 0.15) is 0 Å². The van der Waals surface area contributed by atoms with Crippen molar-refractivity contribution in [1.29, 1.82) is 0 Å². The van der Waals surface area contributed by atoms with Gasteiger partial charge in [-0.1, -0.05) is 13.8 Å². The van der Waals surface area contributed by atoms with Crippen LogP contribution in [-0.4, -0.2) is 25.2 Å². The Balaban J connectivity index is 4.30. The van der Waals surface area contributed by atoms with E-state index < -0.39 is 0 Å². The SMILES string of the molecule is CCOC(=O)C[C@H](CC(C)C)C(=O)OCC. The third kappa shape index (κ3) is 6.43. The fraction of sp³-hybridized carbons (Fsp3) is 0.833. The Kier molecular flexibility index (Phi) is 7.60. The first kappa shape index (κ1) is 14.9. The van der Waals surface area contributed by atoms with Gasteiger partial charge in [0.25, 0.3) is 0 Å². The Labute approximate surface area is 97.3 Å². The maximum atomic E-state index is 11.6. The van der Waals surface area contributed by atoms with Gasteiger partial charge in [0.2, 0.25) is 0 Å². The summed E-state index contributed by atoms with van der Waals surface area (Å²) >= 11 is 0. The van der Waals surface area contributed by atoms with Gasteiger partial charge in [-0.15, -0.1) is 0 Å². The van der Waals surface area contributed by atoms with Crippen LogP contribution in [0.2, 0.25) is 0 Å². The standard InChI is InChI=1S/C12H22O4/c1-5-15-11(13)8-10(7-9(3)4)12(14)16-6-2/h9-10H,5-8H2,1-4H3/t10-/m0/s1. The van der Waals surface area contributed by atoms with Gasteiger partial charge in [-0.05, 0) is 26.2 Å². The lowest BCUT2D eigenvalue weighted by atomic mass is 9.94. The van der Waals surface area contributed by atoms with Gasteiger partial charge in [0, 0.05) is 0 Å². The monoisotopic (exact) mass is 230 g/mol. The molecule has 0 aliphatic carbocycles. The van der Waals surface area contributed by atoms with E-state index in [9.17, 15) is 9.59 Å². The second kappa shape index (κ2) is 8.13. The fourth-order valence-corrected chi connectivity index (χ4v) is 1.51. The van der Waals surface area contributed by atoms with Crippen LogP contribution in [0.5, 0.6) is 0 Å². The Bertz CT molecular complexity index is 223. The molecular formula is C12H22O4. The van der Waals surface area contributed by atoms with E-state index in [1.807, 2.05) is 13.8 Å². The van der Waals surface area contributed by atoms with Gasteiger partial charge in [0.05, 0.1) is 25.6 Å². The molecule has 4 nitrogen and oxygen atoms in total. The predicted molar refractivity (Wildman–Crippen MR) is 60.8 cm³/mol. The quantitative estimate of drug-likeness (QED) is 0.629. The summed E-state index contributed by atoms with van der Waals surface area (Å²) in [5.74, 6) is -0.659. The molecule has 0 N–H and O–H groups in total. The van der Waals surface area contributed by atoms with E-state index in [0.717, 1.165) is 0 Å². The Morgan fingerprint density at radius 1 is 1.06 bits per heavy atom. The first-order valence-corrected chi connectivity index (χ1v) is 5.83. The molecule has 0 aliphatic heterocycles. The molecule has 4 heteroatoms. The molecule has 0 aliphatic rings. The van der Waals surface area contributed by atoms with Crippen LogP contribution in [-0.2, 0) is 19.1 Å². The molecule has 16 heavy (non-hydrogen) atoms. The molecule has 0 aromatic heterocycles. The first-order valence-electron chi connectivity index (χ1n) is 5.83. The van der Waals surface area contributed by atoms with E-state index in [4.69, 9.17) is 9.47 Å². The van der Waals surface area contributed by atoms with Crippen molar-refractivity contribution >= 4 is 11.9 Å². The van der Waals surface area contributed by atoms with Crippen molar-refractivity contribution in [2.24, 2.45) is 11.8 Å². The number of carbonyl (C=O) groups excluding carboxylic acids is 2. The second-order valence-electron chi connectivity index (χ2n) is 4.09. The van der Waals surface area contributed by atoms with Crippen LogP contribution in [0.4, 0.5) is 0 Å². The van der Waals surface area contributed by atoms with Crippen LogP contribution in [0.15, 0.2) is 0 Å². The molecule has 94 valence electrons. The van der Waals surface area contributed by atoms with Gasteiger partial charge in [-0.25, -0.2) is 0 Å². The molecular weight excluding hydrogens is 208 g/mol. The van der Waals surface area contributed by atoms with Crippen molar-refractivity contribution in [3.8, 4) is 0 Å². The van der Waals surface area contributed by atoms with Gasteiger partial charge >= 0.3 is 11.9 Å². The molecule has 0 unspecified atom stereocenters. The van der Waals surface area contributed by atoms with E-state index >= 15 is 0 Å². The minimum Gasteiger partial charge on any atom is -0.466 e. The highest BCUT2D eigenvalue weighted by Gasteiger charge is 2.24. The Hall–Kier alpha value is -1.06. The molecule has 0 rings (SSSR count). The number of hydrogen-bond donors (Lipinski definition) is 0. The molecule has 0 aromatic carbocycles. The average molecular weight is 230 g/mol. The summed E-state index contributed by atoms with van der Waals surface area (Å²) in [6.45, 7) is 8.22. The van der Waals surface area contributed by atoms with Crippen molar-refractivity contribution in [3.63, 3.8) is 0 Å². The first-order chi connectivity index (χ1) is 7.51. The van der Waals surface area contributed by atoms with E-state index in [-0.39, 0.29) is 24.3 Å². The topological polar surface area (TPSA) is 52.6 Å². The van der Waals surface area contributed by atoms with Crippen molar-refractivity contribution < 1.29 is 19.1 Å². The molecule has 0 amide bonds. The van der Waals surface area contributed by atoms with Gasteiger partial charge in [-0.3, -0.25) is 9.59 Å². The number of esters is 2. The largest absolute Gasteiger partial charge is 0.466 e. The minimum absolute atomic E-state index is 0.116. The van der Waals surface area contributed by atoms with E-state index in [2.05, 4.69) is 0 Å². The summed E-state index contributed by atoms with van der Waals surface area (Å²) in [6.07, 6.45) is 0.766. The van der Waals surface area contributed by atoms with E-state index in [0.29, 0.717) is 25.6 Å². The summed E-state index contributed by atoms with van der Waals surface area (Å²) in [5, 5.41) is 0. The minimum atomic E-state index is -0.376. The average Bonchev–Trinajstić information content (AvgIpc) is 2.16. The molecule has 0 saturated carbocycles. The lowest BCUT2D eigenvalue weighted by Crippen LogP contribution is -2.23. The smallest absolute Gasteiger partial charge is 0.309 e. The Morgan fingerprint density at radius 2 is 1.62 bits per heavy atom. The summed E-state index contributed by atoms with van der Waals surface area (Å²) in [6, 6.07) is 0. The van der Waals surface area contributed by atoms with Crippen LogP contribution < -0.4 is 0 Å². The highest BCUT2D eigenvalue weighted by atomic mass is 16.5. The molecule has 0 heterocycles. The molecule has 0 fully saturated rings. The summed E-state index contributed by atoms with van der Waals surface area (Å²) in [5.41, 5.74) is 0. The van der Waals surface area contributed by atoms with Crippen LogP contribution in [0.25, 0.3) is 0 Å². The van der Waals surface area contributed by atoms with E-state index in [1.54, 1.807) is 13.8 Å². The van der Waals surface area contributed by atoms with Crippen molar-refractivity contribution in [3.05, 3.63) is 0 Å². The predicted octanol–water partition coefficient (Wildman–Crippen LogP) is 2.17. The summed E-state index contributed by atoms with van der Waals surface area (Å²) < 4.78 is 9.77. The number of rotatable bonds is 7. The maximum absolute atomic E-state index is 11.6. The van der Waals surface area contributed by atoms with Gasteiger partial charge < -0.3 is 9.47 Å². The maximum Gasteiger partial charge on any atom is 0.309 e. The highest BCUT2D eigenvalue weighted by molar-refractivity contribution is 5.79. The fourth-order valence-electron chi connectivity index (χ4n) is 1.51. The third-order valence-corrected chi connectivity index (χ3v) is 2.09. The zero-order valence-electron chi connectivity index (χ0n) is 10.6. The van der Waals surface area contributed by atoms with Crippen molar-refractivity contribution in [1.82, 2.24) is 0 Å². The molecule has 0 bridgehead atoms.